The van der Waals surface area contributed by atoms with Crippen LogP contribution in [0.15, 0.2) is 29.2 Å². The highest BCUT2D eigenvalue weighted by Gasteiger charge is 2.29. The van der Waals surface area contributed by atoms with Crippen molar-refractivity contribution in [1.82, 2.24) is 19.0 Å². The van der Waals surface area contributed by atoms with Gasteiger partial charge in [-0.25, -0.2) is 13.1 Å². The SMILES string of the molecule is Cc1ccc(S(=O)(=O)N2CCN(Cn3nc(C)c([N+](=O)[O-])c3C)CC2)cc1. The number of hydrogen-bond acceptors (Lipinski definition) is 6. The zero-order valence-electron chi connectivity index (χ0n) is 15.6. The Balaban J connectivity index is 1.66. The quantitative estimate of drug-likeness (QED) is 0.566. The molecule has 27 heavy (non-hydrogen) atoms. The maximum absolute atomic E-state index is 12.8. The molecule has 1 fully saturated rings. The average molecular weight is 393 g/mol. The Kier molecular flexibility index (Phi) is 5.31. The average Bonchev–Trinajstić information content (AvgIpc) is 2.89. The first-order chi connectivity index (χ1) is 12.7. The van der Waals surface area contributed by atoms with E-state index in [2.05, 4.69) is 5.10 Å². The molecular weight excluding hydrogens is 370 g/mol. The maximum Gasteiger partial charge on any atom is 0.312 e. The lowest BCUT2D eigenvalue weighted by molar-refractivity contribution is -0.386. The summed E-state index contributed by atoms with van der Waals surface area (Å²) in [6.45, 7) is 7.44. The van der Waals surface area contributed by atoms with E-state index in [9.17, 15) is 18.5 Å². The summed E-state index contributed by atoms with van der Waals surface area (Å²) in [4.78, 5) is 13.1. The van der Waals surface area contributed by atoms with Gasteiger partial charge in [0, 0.05) is 26.2 Å². The molecule has 1 saturated heterocycles. The molecule has 0 atom stereocenters. The topological polar surface area (TPSA) is 102 Å². The number of nitro groups is 1. The van der Waals surface area contributed by atoms with Crippen LogP contribution in [-0.4, -0.2) is 58.5 Å². The number of piperazine rings is 1. The summed E-state index contributed by atoms with van der Waals surface area (Å²) >= 11 is 0. The highest BCUT2D eigenvalue weighted by molar-refractivity contribution is 7.89. The van der Waals surface area contributed by atoms with Gasteiger partial charge in [-0.05, 0) is 32.9 Å². The molecule has 0 radical (unpaired) electrons. The van der Waals surface area contributed by atoms with E-state index >= 15 is 0 Å². The number of sulfonamides is 1. The van der Waals surface area contributed by atoms with Crippen molar-refractivity contribution in [2.75, 3.05) is 26.2 Å². The fourth-order valence-electron chi connectivity index (χ4n) is 3.25. The number of hydrogen-bond donors (Lipinski definition) is 0. The zero-order chi connectivity index (χ0) is 19.8. The van der Waals surface area contributed by atoms with Gasteiger partial charge in [0.15, 0.2) is 0 Å². The second-order valence-electron chi connectivity index (χ2n) is 6.75. The summed E-state index contributed by atoms with van der Waals surface area (Å²) < 4.78 is 28.6. The Morgan fingerprint density at radius 2 is 1.67 bits per heavy atom. The van der Waals surface area contributed by atoms with Crippen molar-refractivity contribution >= 4 is 15.7 Å². The summed E-state index contributed by atoms with van der Waals surface area (Å²) in [5, 5.41) is 15.4. The Labute approximate surface area is 158 Å². The molecule has 2 heterocycles. The van der Waals surface area contributed by atoms with E-state index in [4.69, 9.17) is 0 Å². The molecule has 9 nitrogen and oxygen atoms in total. The van der Waals surface area contributed by atoms with Crippen molar-refractivity contribution in [2.45, 2.75) is 32.3 Å². The van der Waals surface area contributed by atoms with Crippen LogP contribution in [0.25, 0.3) is 0 Å². The smallest absolute Gasteiger partial charge is 0.282 e. The van der Waals surface area contributed by atoms with Gasteiger partial charge in [-0.15, -0.1) is 0 Å². The van der Waals surface area contributed by atoms with Crippen molar-refractivity contribution in [3.63, 3.8) is 0 Å². The van der Waals surface area contributed by atoms with E-state index in [1.54, 1.807) is 42.8 Å². The zero-order valence-corrected chi connectivity index (χ0v) is 16.4. The monoisotopic (exact) mass is 393 g/mol. The van der Waals surface area contributed by atoms with Crippen LogP contribution in [0.5, 0.6) is 0 Å². The molecule has 0 saturated carbocycles. The van der Waals surface area contributed by atoms with Crippen molar-refractivity contribution in [1.29, 1.82) is 0 Å². The fourth-order valence-corrected chi connectivity index (χ4v) is 4.67. The van der Waals surface area contributed by atoms with Crippen LogP contribution < -0.4 is 0 Å². The third-order valence-electron chi connectivity index (χ3n) is 4.85. The summed E-state index contributed by atoms with van der Waals surface area (Å²) in [6.07, 6.45) is 0. The minimum absolute atomic E-state index is 0.0376. The van der Waals surface area contributed by atoms with Crippen molar-refractivity contribution in [2.24, 2.45) is 0 Å². The standard InChI is InChI=1S/C17H23N5O4S/c1-13-4-6-16(7-5-13)27(25,26)20-10-8-19(9-11-20)12-21-15(3)17(22(23)24)14(2)18-21/h4-7H,8-12H2,1-3H3. The molecule has 0 unspecified atom stereocenters. The van der Waals surface area contributed by atoms with Gasteiger partial charge < -0.3 is 0 Å². The van der Waals surface area contributed by atoms with Gasteiger partial charge in [0.2, 0.25) is 10.0 Å². The van der Waals surface area contributed by atoms with Crippen LogP contribution in [0.3, 0.4) is 0 Å². The van der Waals surface area contributed by atoms with Gasteiger partial charge in [0.05, 0.1) is 16.5 Å². The van der Waals surface area contributed by atoms with Crippen LogP contribution in [0.2, 0.25) is 0 Å². The number of aromatic nitrogens is 2. The van der Waals surface area contributed by atoms with Crippen LogP contribution in [0.1, 0.15) is 17.0 Å². The van der Waals surface area contributed by atoms with E-state index in [0.717, 1.165) is 5.56 Å². The minimum atomic E-state index is -3.50. The molecule has 2 aromatic rings. The predicted octanol–water partition coefficient (Wildman–Crippen LogP) is 1.68. The maximum atomic E-state index is 12.8. The number of nitrogens with zero attached hydrogens (tertiary/aromatic N) is 5. The molecule has 1 aromatic heterocycles. The lowest BCUT2D eigenvalue weighted by Crippen LogP contribution is -2.49. The first-order valence-electron chi connectivity index (χ1n) is 8.67. The Bertz CT molecular complexity index is 944. The van der Waals surface area contributed by atoms with E-state index in [1.807, 2.05) is 11.8 Å². The van der Waals surface area contributed by atoms with E-state index in [1.165, 1.54) is 4.31 Å². The summed E-state index contributed by atoms with van der Waals surface area (Å²) in [5.41, 5.74) is 1.94. The van der Waals surface area contributed by atoms with Gasteiger partial charge >= 0.3 is 5.69 Å². The number of aryl methyl sites for hydroxylation is 2. The highest BCUT2D eigenvalue weighted by atomic mass is 32.2. The number of rotatable bonds is 5. The molecule has 1 aromatic carbocycles. The first-order valence-corrected chi connectivity index (χ1v) is 10.1. The normalized spacial score (nSPS) is 16.6. The molecular formula is C17H23N5O4S. The van der Waals surface area contributed by atoms with Gasteiger partial charge in [0.25, 0.3) is 0 Å². The largest absolute Gasteiger partial charge is 0.312 e. The lowest BCUT2D eigenvalue weighted by Gasteiger charge is -2.33. The fraction of sp³-hybridized carbons (Fsp3) is 0.471. The van der Waals surface area contributed by atoms with Gasteiger partial charge in [-0.2, -0.15) is 9.40 Å². The molecule has 10 heteroatoms. The predicted molar refractivity (Wildman–Crippen MR) is 99.9 cm³/mol. The Morgan fingerprint density at radius 3 is 2.19 bits per heavy atom. The second-order valence-corrected chi connectivity index (χ2v) is 8.69. The second kappa shape index (κ2) is 7.37. The van der Waals surface area contributed by atoms with Gasteiger partial charge in [-0.3, -0.25) is 15.0 Å². The third-order valence-corrected chi connectivity index (χ3v) is 6.76. The van der Waals surface area contributed by atoms with E-state index in [0.29, 0.717) is 49.1 Å². The van der Waals surface area contributed by atoms with Crippen molar-refractivity contribution in [3.8, 4) is 0 Å². The summed E-state index contributed by atoms with van der Waals surface area (Å²) in [7, 11) is -3.50. The van der Waals surface area contributed by atoms with Gasteiger partial charge in [-0.1, -0.05) is 17.7 Å². The van der Waals surface area contributed by atoms with Gasteiger partial charge in [0.1, 0.15) is 11.4 Å². The minimum Gasteiger partial charge on any atom is -0.282 e. The van der Waals surface area contributed by atoms with Crippen molar-refractivity contribution in [3.05, 3.63) is 51.3 Å². The highest BCUT2D eigenvalue weighted by Crippen LogP contribution is 2.23. The molecule has 1 aliphatic rings. The van der Waals surface area contributed by atoms with Crippen molar-refractivity contribution < 1.29 is 13.3 Å². The van der Waals surface area contributed by atoms with Crippen LogP contribution >= 0.6 is 0 Å². The first kappa shape index (κ1) is 19.5. The van der Waals surface area contributed by atoms with E-state index < -0.39 is 14.9 Å². The lowest BCUT2D eigenvalue weighted by atomic mass is 10.2. The van der Waals surface area contributed by atoms with Crippen LogP contribution in [0, 0.1) is 30.9 Å². The molecule has 3 rings (SSSR count). The molecule has 0 spiro atoms. The Hall–Kier alpha value is -2.30. The number of benzene rings is 1. The van der Waals surface area contributed by atoms with Crippen LogP contribution in [0.4, 0.5) is 5.69 Å². The summed E-state index contributed by atoms with van der Waals surface area (Å²) in [5.74, 6) is 0. The third kappa shape index (κ3) is 3.87. The summed E-state index contributed by atoms with van der Waals surface area (Å²) in [6, 6.07) is 6.84. The molecule has 0 amide bonds. The molecule has 0 aliphatic carbocycles. The molecule has 0 bridgehead atoms. The molecule has 0 N–H and O–H groups in total. The molecule has 1 aliphatic heterocycles. The molecule has 146 valence electrons. The van der Waals surface area contributed by atoms with Crippen LogP contribution in [-0.2, 0) is 16.7 Å². The van der Waals surface area contributed by atoms with E-state index in [-0.39, 0.29) is 5.69 Å². The Morgan fingerprint density at radius 1 is 1.07 bits per heavy atom.